The zero-order valence-corrected chi connectivity index (χ0v) is 18.4. The molecule has 31 heavy (non-hydrogen) atoms. The molecule has 4 aromatic rings. The van der Waals surface area contributed by atoms with Gasteiger partial charge < -0.3 is 4.52 Å². The Morgan fingerprint density at radius 2 is 1.90 bits per heavy atom. The molecule has 9 heteroatoms. The van der Waals surface area contributed by atoms with E-state index < -0.39 is 0 Å². The zero-order chi connectivity index (χ0) is 21.4. The summed E-state index contributed by atoms with van der Waals surface area (Å²) in [7, 11) is 0. The van der Waals surface area contributed by atoms with Crippen LogP contribution in [0.25, 0.3) is 16.3 Å². The molecule has 1 saturated heterocycles. The Morgan fingerprint density at radius 1 is 1.13 bits per heavy atom. The quantitative estimate of drug-likeness (QED) is 0.476. The number of rotatable bonds is 5. The van der Waals surface area contributed by atoms with Gasteiger partial charge >= 0.3 is 0 Å². The van der Waals surface area contributed by atoms with E-state index in [4.69, 9.17) is 4.52 Å². The Kier molecular flexibility index (Phi) is 5.39. The summed E-state index contributed by atoms with van der Waals surface area (Å²) in [5.74, 6) is 1.27. The van der Waals surface area contributed by atoms with E-state index in [1.807, 2.05) is 29.6 Å². The minimum atomic E-state index is -0.0192. The summed E-state index contributed by atoms with van der Waals surface area (Å²) >= 11 is 1.48. The minimum Gasteiger partial charge on any atom is -0.337 e. The van der Waals surface area contributed by atoms with Crippen LogP contribution in [0.3, 0.4) is 0 Å². The van der Waals surface area contributed by atoms with Gasteiger partial charge in [-0.15, -0.1) is 11.3 Å². The molecule has 1 aliphatic heterocycles. The van der Waals surface area contributed by atoms with Crippen LogP contribution in [0.5, 0.6) is 0 Å². The molecule has 0 spiro atoms. The number of hydrogen-bond donors (Lipinski definition) is 0. The zero-order valence-electron chi connectivity index (χ0n) is 17.6. The maximum Gasteiger partial charge on any atom is 0.258 e. The Labute approximate surface area is 183 Å². The highest BCUT2D eigenvalue weighted by Gasteiger charge is 2.26. The standard InChI is InChI=1S/C22H24N6O2S/c1-15-3-5-17(6-4-15)20-24-21(30-25-20)16(2)27-9-7-26(8-10-27)14-18-13-19(29)28-11-12-31-22(28)23-18/h3-6,11-13,16H,7-10,14H2,1-2H3. The molecule has 0 amide bonds. The first-order chi connectivity index (χ1) is 15.1. The molecular weight excluding hydrogens is 412 g/mol. The first-order valence-corrected chi connectivity index (χ1v) is 11.3. The second kappa shape index (κ2) is 8.33. The smallest absolute Gasteiger partial charge is 0.258 e. The summed E-state index contributed by atoms with van der Waals surface area (Å²) in [4.78, 5) is 26.9. The van der Waals surface area contributed by atoms with Gasteiger partial charge in [-0.3, -0.25) is 19.0 Å². The van der Waals surface area contributed by atoms with Crippen molar-refractivity contribution in [2.45, 2.75) is 26.4 Å². The average Bonchev–Trinajstić information content (AvgIpc) is 3.44. The van der Waals surface area contributed by atoms with Crippen molar-refractivity contribution in [3.8, 4) is 11.4 Å². The van der Waals surface area contributed by atoms with E-state index in [9.17, 15) is 4.79 Å². The van der Waals surface area contributed by atoms with Gasteiger partial charge in [0.15, 0.2) is 4.96 Å². The number of fused-ring (bicyclic) bond motifs is 1. The second-order valence-electron chi connectivity index (χ2n) is 7.95. The molecule has 1 atom stereocenters. The predicted octanol–water partition coefficient (Wildman–Crippen LogP) is 2.99. The normalized spacial score (nSPS) is 16.7. The fourth-order valence-corrected chi connectivity index (χ4v) is 4.63. The summed E-state index contributed by atoms with van der Waals surface area (Å²) in [5.41, 5.74) is 2.97. The lowest BCUT2D eigenvalue weighted by Gasteiger charge is -2.36. The highest BCUT2D eigenvalue weighted by molar-refractivity contribution is 7.15. The van der Waals surface area contributed by atoms with E-state index in [0.29, 0.717) is 18.3 Å². The number of aryl methyl sites for hydroxylation is 1. The lowest BCUT2D eigenvalue weighted by molar-refractivity contribution is 0.0839. The van der Waals surface area contributed by atoms with Crippen molar-refractivity contribution < 1.29 is 4.52 Å². The number of benzene rings is 1. The topological polar surface area (TPSA) is 79.8 Å². The van der Waals surface area contributed by atoms with Crippen molar-refractivity contribution in [3.05, 3.63) is 69.4 Å². The third-order valence-corrected chi connectivity index (χ3v) is 6.56. The molecule has 0 N–H and O–H groups in total. The SMILES string of the molecule is Cc1ccc(-c2noc(C(C)N3CCN(Cc4cc(=O)n5ccsc5n4)CC3)n2)cc1. The molecule has 0 bridgehead atoms. The molecule has 5 rings (SSSR count). The highest BCUT2D eigenvalue weighted by Crippen LogP contribution is 2.24. The van der Waals surface area contributed by atoms with Gasteiger partial charge in [0, 0.05) is 55.9 Å². The molecule has 1 aromatic carbocycles. The van der Waals surface area contributed by atoms with E-state index in [-0.39, 0.29) is 11.6 Å². The summed E-state index contributed by atoms with van der Waals surface area (Å²) in [6.45, 7) is 8.43. The second-order valence-corrected chi connectivity index (χ2v) is 8.82. The first kappa shape index (κ1) is 20.0. The van der Waals surface area contributed by atoms with Gasteiger partial charge in [-0.05, 0) is 13.8 Å². The monoisotopic (exact) mass is 436 g/mol. The first-order valence-electron chi connectivity index (χ1n) is 10.4. The molecule has 4 heterocycles. The third kappa shape index (κ3) is 4.16. The van der Waals surface area contributed by atoms with Gasteiger partial charge in [0.1, 0.15) is 0 Å². The number of hydrogen-bond acceptors (Lipinski definition) is 8. The van der Waals surface area contributed by atoms with E-state index in [0.717, 1.165) is 42.4 Å². The largest absolute Gasteiger partial charge is 0.337 e. The van der Waals surface area contributed by atoms with Crippen LogP contribution in [0.2, 0.25) is 0 Å². The van der Waals surface area contributed by atoms with Crippen LogP contribution in [-0.2, 0) is 6.54 Å². The maximum atomic E-state index is 12.2. The summed E-state index contributed by atoms with van der Waals surface area (Å²) in [6.07, 6.45) is 1.76. The fourth-order valence-electron chi connectivity index (χ4n) is 3.89. The number of thiazole rings is 1. The summed E-state index contributed by atoms with van der Waals surface area (Å²) in [6, 6.07) is 9.82. The van der Waals surface area contributed by atoms with E-state index in [2.05, 4.69) is 38.8 Å². The van der Waals surface area contributed by atoms with Crippen molar-refractivity contribution in [1.29, 1.82) is 0 Å². The lowest BCUT2D eigenvalue weighted by Crippen LogP contribution is -2.46. The molecule has 0 radical (unpaired) electrons. The molecule has 0 saturated carbocycles. The Bertz CT molecular complexity index is 1240. The number of aromatic nitrogens is 4. The van der Waals surface area contributed by atoms with Crippen LogP contribution in [0.15, 0.2) is 51.2 Å². The molecule has 1 aliphatic rings. The molecular formula is C22H24N6O2S. The molecule has 160 valence electrons. The summed E-state index contributed by atoms with van der Waals surface area (Å²) < 4.78 is 7.16. The number of nitrogens with zero attached hydrogens (tertiary/aromatic N) is 6. The lowest BCUT2D eigenvalue weighted by atomic mass is 10.1. The van der Waals surface area contributed by atoms with Gasteiger partial charge in [0.05, 0.1) is 11.7 Å². The Morgan fingerprint density at radius 3 is 2.68 bits per heavy atom. The van der Waals surface area contributed by atoms with E-state index >= 15 is 0 Å². The van der Waals surface area contributed by atoms with Gasteiger partial charge in [-0.25, -0.2) is 4.98 Å². The van der Waals surface area contributed by atoms with Gasteiger partial charge in [-0.2, -0.15) is 4.98 Å². The average molecular weight is 437 g/mol. The molecule has 8 nitrogen and oxygen atoms in total. The van der Waals surface area contributed by atoms with E-state index in [1.54, 1.807) is 16.7 Å². The van der Waals surface area contributed by atoms with Crippen molar-refractivity contribution in [2.24, 2.45) is 0 Å². The van der Waals surface area contributed by atoms with Crippen LogP contribution in [0, 0.1) is 6.92 Å². The molecule has 1 fully saturated rings. The molecule has 0 aliphatic carbocycles. The maximum absolute atomic E-state index is 12.2. The van der Waals surface area contributed by atoms with Gasteiger partial charge in [0.25, 0.3) is 5.56 Å². The predicted molar refractivity (Wildman–Crippen MR) is 119 cm³/mol. The highest BCUT2D eigenvalue weighted by atomic mass is 32.1. The van der Waals surface area contributed by atoms with Crippen LogP contribution in [0.1, 0.15) is 30.1 Å². The fraction of sp³-hybridized carbons (Fsp3) is 0.364. The van der Waals surface area contributed by atoms with Crippen molar-refractivity contribution in [2.75, 3.05) is 26.2 Å². The Balaban J connectivity index is 1.21. The van der Waals surface area contributed by atoms with Crippen LogP contribution in [-0.4, -0.2) is 55.5 Å². The summed E-state index contributed by atoms with van der Waals surface area (Å²) in [5, 5.41) is 6.05. The van der Waals surface area contributed by atoms with Crippen molar-refractivity contribution in [3.63, 3.8) is 0 Å². The van der Waals surface area contributed by atoms with Crippen molar-refractivity contribution in [1.82, 2.24) is 29.3 Å². The van der Waals surface area contributed by atoms with Gasteiger partial charge in [0.2, 0.25) is 11.7 Å². The van der Waals surface area contributed by atoms with Crippen molar-refractivity contribution >= 4 is 16.3 Å². The van der Waals surface area contributed by atoms with Gasteiger partial charge in [-0.1, -0.05) is 35.0 Å². The van der Waals surface area contributed by atoms with Crippen LogP contribution >= 0.6 is 11.3 Å². The molecule has 3 aromatic heterocycles. The minimum absolute atomic E-state index is 0.0192. The van der Waals surface area contributed by atoms with E-state index in [1.165, 1.54) is 16.9 Å². The Hall–Kier alpha value is -2.88. The van der Waals surface area contributed by atoms with Crippen LogP contribution in [0.4, 0.5) is 0 Å². The number of piperazine rings is 1. The van der Waals surface area contributed by atoms with Crippen LogP contribution < -0.4 is 5.56 Å². The third-order valence-electron chi connectivity index (χ3n) is 5.81. The molecule has 1 unspecified atom stereocenters.